The number of rotatable bonds is 2. The summed E-state index contributed by atoms with van der Waals surface area (Å²) >= 11 is 4.70. The van der Waals surface area contributed by atoms with Crippen LogP contribution in [0.1, 0.15) is 10.7 Å². The lowest BCUT2D eigenvalue weighted by Crippen LogP contribution is -2.04. The molecule has 0 aliphatic heterocycles. The highest BCUT2D eigenvalue weighted by Gasteiger charge is 2.13. The van der Waals surface area contributed by atoms with Crippen LogP contribution in [0.2, 0.25) is 0 Å². The first kappa shape index (κ1) is 12.6. The van der Waals surface area contributed by atoms with E-state index >= 15 is 0 Å². The molecule has 2 aromatic heterocycles. The molecule has 3 rings (SSSR count). The molecule has 0 aliphatic carbocycles. The lowest BCUT2D eigenvalue weighted by molar-refractivity contribution is 0.622. The molecule has 7 heteroatoms. The van der Waals surface area contributed by atoms with Crippen LogP contribution in [0.5, 0.6) is 0 Å². The van der Waals surface area contributed by atoms with Gasteiger partial charge in [-0.3, -0.25) is 0 Å². The van der Waals surface area contributed by atoms with Crippen molar-refractivity contribution in [2.75, 3.05) is 5.73 Å². The topological polar surface area (TPSA) is 56.7 Å². The molecule has 2 heterocycles. The smallest absolute Gasteiger partial charge is 0.201 e. The molecule has 0 atom stereocenters. The lowest BCUT2D eigenvalue weighted by atomic mass is 10.3. The van der Waals surface area contributed by atoms with Crippen LogP contribution in [0, 0.1) is 12.7 Å². The Hall–Kier alpha value is -1.47. The van der Waals surface area contributed by atoms with E-state index in [0.29, 0.717) is 28.0 Å². The number of benzene rings is 1. The van der Waals surface area contributed by atoms with Crippen LogP contribution in [0.4, 0.5) is 10.3 Å². The molecule has 0 aliphatic rings. The summed E-state index contributed by atoms with van der Waals surface area (Å²) in [7, 11) is 0. The van der Waals surface area contributed by atoms with E-state index < -0.39 is 0 Å². The average Bonchev–Trinajstić information content (AvgIpc) is 2.87. The first-order chi connectivity index (χ1) is 9.04. The van der Waals surface area contributed by atoms with Gasteiger partial charge in [0.2, 0.25) is 5.95 Å². The summed E-state index contributed by atoms with van der Waals surface area (Å²) in [4.78, 5) is 8.62. The minimum absolute atomic E-state index is 0.330. The fourth-order valence-corrected chi connectivity index (χ4v) is 3.01. The number of thiazole rings is 1. The quantitative estimate of drug-likeness (QED) is 0.778. The SMILES string of the molecule is Cc1csc(Cn2c(N)nc3cc(Br)c(F)cc32)n1. The summed E-state index contributed by atoms with van der Waals surface area (Å²) in [5.41, 5.74) is 8.21. The Labute approximate surface area is 121 Å². The maximum Gasteiger partial charge on any atom is 0.201 e. The van der Waals surface area contributed by atoms with Crippen LogP contribution in [0.3, 0.4) is 0 Å². The number of hydrogen-bond acceptors (Lipinski definition) is 4. The first-order valence-corrected chi connectivity index (χ1v) is 7.23. The molecule has 2 N–H and O–H groups in total. The molecule has 0 radical (unpaired) electrons. The summed E-state index contributed by atoms with van der Waals surface area (Å²) in [6.07, 6.45) is 0. The second-order valence-corrected chi connectivity index (χ2v) is 5.99. The van der Waals surface area contributed by atoms with Crippen molar-refractivity contribution in [3.8, 4) is 0 Å². The molecule has 0 unspecified atom stereocenters. The van der Waals surface area contributed by atoms with E-state index in [4.69, 9.17) is 5.73 Å². The molecule has 3 aromatic rings. The van der Waals surface area contributed by atoms with Crippen molar-refractivity contribution in [1.82, 2.24) is 14.5 Å². The van der Waals surface area contributed by atoms with Gasteiger partial charge in [0.15, 0.2) is 0 Å². The van der Waals surface area contributed by atoms with E-state index in [0.717, 1.165) is 10.7 Å². The zero-order valence-electron chi connectivity index (χ0n) is 10.0. The van der Waals surface area contributed by atoms with Gasteiger partial charge >= 0.3 is 0 Å². The van der Waals surface area contributed by atoms with Gasteiger partial charge in [-0.1, -0.05) is 0 Å². The molecule has 4 nitrogen and oxygen atoms in total. The third kappa shape index (κ3) is 2.23. The fourth-order valence-electron chi connectivity index (χ4n) is 1.92. The number of nitrogen functional groups attached to an aromatic ring is 1. The molecule has 98 valence electrons. The second-order valence-electron chi connectivity index (χ2n) is 4.19. The Balaban J connectivity index is 2.12. The van der Waals surface area contributed by atoms with Crippen LogP contribution in [-0.2, 0) is 6.54 Å². The number of halogens is 2. The van der Waals surface area contributed by atoms with Gasteiger partial charge in [-0.25, -0.2) is 14.4 Å². The number of nitrogens with two attached hydrogens (primary N) is 1. The molecule has 1 aromatic carbocycles. The van der Waals surface area contributed by atoms with Gasteiger partial charge < -0.3 is 10.3 Å². The number of imidazole rings is 1. The number of anilines is 1. The van der Waals surface area contributed by atoms with Crippen molar-refractivity contribution in [1.29, 1.82) is 0 Å². The van der Waals surface area contributed by atoms with Gasteiger partial charge in [-0.2, -0.15) is 0 Å². The number of aromatic nitrogens is 3. The lowest BCUT2D eigenvalue weighted by Gasteiger charge is -2.04. The molecular weight excluding hydrogens is 331 g/mol. The third-order valence-electron chi connectivity index (χ3n) is 2.78. The van der Waals surface area contributed by atoms with Gasteiger partial charge in [-0.05, 0) is 28.9 Å². The van der Waals surface area contributed by atoms with Crippen LogP contribution >= 0.6 is 27.3 Å². The molecule has 0 fully saturated rings. The molecule has 0 spiro atoms. The zero-order chi connectivity index (χ0) is 13.6. The monoisotopic (exact) mass is 340 g/mol. The maximum atomic E-state index is 13.6. The normalized spacial score (nSPS) is 11.3. The number of fused-ring (bicyclic) bond motifs is 1. The summed E-state index contributed by atoms with van der Waals surface area (Å²) < 4.78 is 15.8. The van der Waals surface area contributed by atoms with E-state index in [-0.39, 0.29) is 5.82 Å². The zero-order valence-corrected chi connectivity index (χ0v) is 12.4. The van der Waals surface area contributed by atoms with Crippen LogP contribution in [0.15, 0.2) is 22.0 Å². The fraction of sp³-hybridized carbons (Fsp3) is 0.167. The third-order valence-corrected chi connectivity index (χ3v) is 4.34. The Morgan fingerprint density at radius 2 is 2.21 bits per heavy atom. The molecular formula is C12H10BrFN4S. The minimum Gasteiger partial charge on any atom is -0.369 e. The summed E-state index contributed by atoms with van der Waals surface area (Å²) in [5, 5.41) is 2.90. The molecule has 0 amide bonds. The Morgan fingerprint density at radius 1 is 1.42 bits per heavy atom. The van der Waals surface area contributed by atoms with Crippen LogP contribution < -0.4 is 5.73 Å². The van der Waals surface area contributed by atoms with Crippen molar-refractivity contribution in [3.05, 3.63) is 38.5 Å². The number of nitrogens with zero attached hydrogens (tertiary/aromatic N) is 3. The first-order valence-electron chi connectivity index (χ1n) is 5.56. The van der Waals surface area contributed by atoms with Gasteiger partial charge in [0.05, 0.1) is 22.1 Å². The van der Waals surface area contributed by atoms with Crippen LogP contribution in [0.25, 0.3) is 11.0 Å². The van der Waals surface area contributed by atoms with Gasteiger partial charge in [-0.15, -0.1) is 11.3 Å². The highest BCUT2D eigenvalue weighted by molar-refractivity contribution is 9.10. The van der Waals surface area contributed by atoms with E-state index in [9.17, 15) is 4.39 Å². The Bertz CT molecular complexity index is 765. The Morgan fingerprint density at radius 3 is 2.89 bits per heavy atom. The van der Waals surface area contributed by atoms with E-state index in [1.807, 2.05) is 12.3 Å². The van der Waals surface area contributed by atoms with E-state index in [2.05, 4.69) is 25.9 Å². The van der Waals surface area contributed by atoms with Gasteiger partial charge in [0.1, 0.15) is 10.8 Å². The Kier molecular flexibility index (Phi) is 3.02. The highest BCUT2D eigenvalue weighted by Crippen LogP contribution is 2.26. The minimum atomic E-state index is -0.330. The van der Waals surface area contributed by atoms with Crippen molar-refractivity contribution in [2.45, 2.75) is 13.5 Å². The maximum absolute atomic E-state index is 13.6. The van der Waals surface area contributed by atoms with Crippen molar-refractivity contribution < 1.29 is 4.39 Å². The largest absolute Gasteiger partial charge is 0.369 e. The van der Waals surface area contributed by atoms with Gasteiger partial charge in [0, 0.05) is 17.1 Å². The number of hydrogen-bond donors (Lipinski definition) is 1. The van der Waals surface area contributed by atoms with Gasteiger partial charge in [0.25, 0.3) is 0 Å². The second kappa shape index (κ2) is 4.57. The van der Waals surface area contributed by atoms with E-state index in [1.165, 1.54) is 6.07 Å². The predicted molar refractivity (Wildman–Crippen MR) is 77.8 cm³/mol. The summed E-state index contributed by atoms with van der Waals surface area (Å²) in [6, 6.07) is 3.06. The summed E-state index contributed by atoms with van der Waals surface area (Å²) in [5.74, 6) is 0.0318. The van der Waals surface area contributed by atoms with Crippen molar-refractivity contribution in [3.63, 3.8) is 0 Å². The van der Waals surface area contributed by atoms with E-state index in [1.54, 1.807) is 22.0 Å². The summed E-state index contributed by atoms with van der Waals surface area (Å²) in [6.45, 7) is 2.44. The highest BCUT2D eigenvalue weighted by atomic mass is 79.9. The molecule has 0 saturated heterocycles. The average molecular weight is 341 g/mol. The number of aryl methyl sites for hydroxylation is 1. The molecule has 0 bridgehead atoms. The van der Waals surface area contributed by atoms with Crippen LogP contribution in [-0.4, -0.2) is 14.5 Å². The van der Waals surface area contributed by atoms with Crippen molar-refractivity contribution >= 4 is 44.2 Å². The predicted octanol–water partition coefficient (Wildman–Crippen LogP) is 3.33. The molecule has 19 heavy (non-hydrogen) atoms. The molecule has 0 saturated carbocycles. The van der Waals surface area contributed by atoms with Crippen molar-refractivity contribution in [2.24, 2.45) is 0 Å². The standard InChI is InChI=1S/C12H10BrFN4S/c1-6-5-19-11(16-6)4-18-10-3-8(14)7(13)2-9(10)17-12(18)15/h2-3,5H,4H2,1H3,(H2,15,17).